The average molecular weight is 496 g/mol. The van der Waals surface area contributed by atoms with Crippen molar-refractivity contribution in [3.63, 3.8) is 0 Å². The van der Waals surface area contributed by atoms with E-state index in [9.17, 15) is 14.9 Å². The summed E-state index contributed by atoms with van der Waals surface area (Å²) in [6.45, 7) is 7.05. The molecular weight excluding hydrogens is 466 g/mol. The van der Waals surface area contributed by atoms with Crippen LogP contribution in [0, 0.1) is 21.4 Å². The largest absolute Gasteiger partial charge is 0.490 e. The van der Waals surface area contributed by atoms with Crippen molar-refractivity contribution in [3.05, 3.63) is 74.0 Å². The minimum Gasteiger partial charge on any atom is -0.490 e. The number of carbonyl (C=O) groups excluding carboxylic acids is 1. The molecule has 2 heterocycles. The fourth-order valence-corrected chi connectivity index (χ4v) is 5.64. The highest BCUT2D eigenvalue weighted by molar-refractivity contribution is 7.16. The smallest absolute Gasteiger partial charge is 0.311 e. The monoisotopic (exact) mass is 495 g/mol. The molecule has 1 aliphatic carbocycles. The number of nitrogens with zero attached hydrogens (tertiary/aromatic N) is 2. The summed E-state index contributed by atoms with van der Waals surface area (Å²) in [6.07, 6.45) is 5.88. The van der Waals surface area contributed by atoms with Crippen molar-refractivity contribution in [3.8, 4) is 5.75 Å². The van der Waals surface area contributed by atoms with E-state index in [4.69, 9.17) is 9.15 Å². The molecule has 0 unspecified atom stereocenters. The molecule has 0 saturated carbocycles. The Kier molecular flexibility index (Phi) is 7.07. The molecule has 0 fully saturated rings. The zero-order chi connectivity index (χ0) is 25.2. The van der Waals surface area contributed by atoms with Crippen molar-refractivity contribution >= 4 is 34.1 Å². The number of aliphatic imine (C=N–C) groups is 1. The molecule has 9 heteroatoms. The molecule has 0 bridgehead atoms. The van der Waals surface area contributed by atoms with Crippen LogP contribution in [0.25, 0.3) is 0 Å². The van der Waals surface area contributed by atoms with Crippen molar-refractivity contribution in [1.82, 2.24) is 5.32 Å². The van der Waals surface area contributed by atoms with E-state index in [1.165, 1.54) is 29.4 Å². The number of benzene rings is 1. The topological polar surface area (TPSA) is 107 Å². The number of methoxy groups -OCH3 is 1. The van der Waals surface area contributed by atoms with Crippen LogP contribution < -0.4 is 10.1 Å². The van der Waals surface area contributed by atoms with Crippen LogP contribution in [0.1, 0.15) is 59.3 Å². The number of rotatable bonds is 7. The Bertz CT molecular complexity index is 1250. The number of carbonyl (C=O) groups is 1. The number of furan rings is 1. The number of nitrogens with one attached hydrogen (secondary N) is 1. The van der Waals surface area contributed by atoms with Crippen molar-refractivity contribution in [2.45, 2.75) is 46.6 Å². The quantitative estimate of drug-likeness (QED) is 0.242. The van der Waals surface area contributed by atoms with E-state index in [1.807, 2.05) is 6.07 Å². The molecule has 2 aromatic heterocycles. The Labute approximate surface area is 208 Å². The number of nitro groups is 1. The van der Waals surface area contributed by atoms with Gasteiger partial charge in [0, 0.05) is 17.2 Å². The Balaban J connectivity index is 1.67. The molecule has 1 atom stereocenters. The summed E-state index contributed by atoms with van der Waals surface area (Å²) in [5.41, 5.74) is 2.24. The maximum Gasteiger partial charge on any atom is 0.311 e. The van der Waals surface area contributed by atoms with E-state index in [-0.39, 0.29) is 29.3 Å². The fourth-order valence-electron chi connectivity index (χ4n) is 4.37. The van der Waals surface area contributed by atoms with Crippen molar-refractivity contribution in [2.75, 3.05) is 7.11 Å². The normalized spacial score (nSPS) is 15.7. The predicted molar refractivity (Wildman–Crippen MR) is 136 cm³/mol. The van der Waals surface area contributed by atoms with Crippen molar-refractivity contribution in [1.29, 1.82) is 0 Å². The van der Waals surface area contributed by atoms with Crippen LogP contribution in [0.2, 0.25) is 0 Å². The molecule has 3 aromatic rings. The Hall–Kier alpha value is -3.46. The molecule has 4 rings (SSSR count). The number of hydrogen-bond donors (Lipinski definition) is 1. The number of fused-ring (bicyclic) bond motifs is 1. The van der Waals surface area contributed by atoms with E-state index >= 15 is 0 Å². The minimum absolute atomic E-state index is 0.133. The molecule has 0 aliphatic heterocycles. The van der Waals surface area contributed by atoms with E-state index in [2.05, 4.69) is 31.1 Å². The SMILES string of the molecule is COc1ccc(C=Nc2sc3c(c2C(=O)NCc2ccco2)CC[C@H](C(C)(C)C)C3)cc1[N+](=O)[O-]. The van der Waals surface area contributed by atoms with Crippen LogP contribution >= 0.6 is 11.3 Å². The van der Waals surface area contributed by atoms with E-state index in [1.54, 1.807) is 30.7 Å². The van der Waals surface area contributed by atoms with E-state index < -0.39 is 4.92 Å². The average Bonchev–Trinajstić information content (AvgIpc) is 3.47. The summed E-state index contributed by atoms with van der Waals surface area (Å²) in [5.74, 6) is 1.19. The van der Waals surface area contributed by atoms with Gasteiger partial charge in [0.1, 0.15) is 10.8 Å². The molecule has 1 N–H and O–H groups in total. The number of hydrogen-bond acceptors (Lipinski definition) is 7. The lowest BCUT2D eigenvalue weighted by Crippen LogP contribution is -2.28. The third-order valence-corrected chi connectivity index (χ3v) is 7.59. The molecule has 0 spiro atoms. The summed E-state index contributed by atoms with van der Waals surface area (Å²) >= 11 is 1.53. The number of thiophene rings is 1. The molecule has 0 saturated heterocycles. The Morgan fingerprint density at radius 3 is 2.83 bits per heavy atom. The van der Waals surface area contributed by atoms with Gasteiger partial charge in [0.2, 0.25) is 0 Å². The zero-order valence-electron chi connectivity index (χ0n) is 20.3. The van der Waals surface area contributed by atoms with Gasteiger partial charge in [0.05, 0.1) is 30.4 Å². The number of nitro benzene ring substituents is 1. The van der Waals surface area contributed by atoms with Gasteiger partial charge < -0.3 is 14.5 Å². The van der Waals surface area contributed by atoms with E-state index in [0.717, 1.165) is 24.8 Å². The van der Waals surface area contributed by atoms with Gasteiger partial charge in [-0.3, -0.25) is 14.9 Å². The molecule has 35 heavy (non-hydrogen) atoms. The third kappa shape index (κ3) is 5.45. The van der Waals surface area contributed by atoms with Gasteiger partial charge in [-0.2, -0.15) is 0 Å². The first-order chi connectivity index (χ1) is 16.7. The predicted octanol–water partition coefficient (Wildman–Crippen LogP) is 6.09. The van der Waals surface area contributed by atoms with Gasteiger partial charge in [-0.1, -0.05) is 20.8 Å². The molecule has 1 amide bonds. The van der Waals surface area contributed by atoms with Crippen LogP contribution in [0.5, 0.6) is 5.75 Å². The standard InChI is InChI=1S/C26H29N3O5S/c1-26(2,3)17-8-9-19-22(13-17)35-25(23(19)24(30)27-15-18-6-5-11-34-18)28-14-16-7-10-21(33-4)20(12-16)29(31)32/h5-7,10-12,14,17H,8-9,13,15H2,1-4H3,(H,27,30)/t17-/m0/s1. The van der Waals surface area contributed by atoms with E-state index in [0.29, 0.717) is 27.8 Å². The van der Waals surface area contributed by atoms with Crippen LogP contribution in [0.15, 0.2) is 46.0 Å². The van der Waals surface area contributed by atoms with Crippen molar-refractivity contribution < 1.29 is 18.9 Å². The summed E-state index contributed by atoms with van der Waals surface area (Å²) in [6, 6.07) is 8.26. The highest BCUT2D eigenvalue weighted by Gasteiger charge is 2.33. The fraction of sp³-hybridized carbons (Fsp3) is 0.385. The highest BCUT2D eigenvalue weighted by atomic mass is 32.1. The molecule has 8 nitrogen and oxygen atoms in total. The maximum atomic E-state index is 13.3. The van der Waals surface area contributed by atoms with Gasteiger partial charge in [0.15, 0.2) is 5.75 Å². The van der Waals surface area contributed by atoms with Gasteiger partial charge in [-0.25, -0.2) is 4.99 Å². The summed E-state index contributed by atoms with van der Waals surface area (Å²) in [5, 5.41) is 14.9. The number of amides is 1. The van der Waals surface area contributed by atoms with Crippen LogP contribution in [-0.2, 0) is 19.4 Å². The first-order valence-corrected chi connectivity index (χ1v) is 12.3. The van der Waals surface area contributed by atoms with Crippen molar-refractivity contribution in [2.24, 2.45) is 16.3 Å². The second kappa shape index (κ2) is 10.0. The molecule has 1 aliphatic rings. The molecule has 0 radical (unpaired) electrons. The summed E-state index contributed by atoms with van der Waals surface area (Å²) in [7, 11) is 1.39. The highest BCUT2D eigenvalue weighted by Crippen LogP contribution is 2.45. The lowest BCUT2D eigenvalue weighted by Gasteiger charge is -2.33. The second-order valence-electron chi connectivity index (χ2n) is 9.70. The minimum atomic E-state index is -0.486. The van der Waals surface area contributed by atoms with Gasteiger partial charge in [0.25, 0.3) is 5.91 Å². The molecule has 184 valence electrons. The second-order valence-corrected chi connectivity index (χ2v) is 10.8. The van der Waals surface area contributed by atoms with Gasteiger partial charge in [-0.05, 0) is 66.0 Å². The zero-order valence-corrected chi connectivity index (χ0v) is 21.1. The molecule has 1 aromatic carbocycles. The van der Waals surface area contributed by atoms with Crippen LogP contribution in [0.4, 0.5) is 10.7 Å². The first kappa shape index (κ1) is 24.7. The van der Waals surface area contributed by atoms with Gasteiger partial charge >= 0.3 is 5.69 Å². The maximum absolute atomic E-state index is 13.3. The Morgan fingerprint density at radius 2 is 2.17 bits per heavy atom. The lowest BCUT2D eigenvalue weighted by atomic mass is 9.72. The lowest BCUT2D eigenvalue weighted by molar-refractivity contribution is -0.385. The third-order valence-electron chi connectivity index (χ3n) is 6.43. The number of ether oxygens (including phenoxy) is 1. The molecular formula is C26H29N3O5S. The van der Waals surface area contributed by atoms with Gasteiger partial charge in [-0.15, -0.1) is 11.3 Å². The van der Waals surface area contributed by atoms with Crippen LogP contribution in [-0.4, -0.2) is 24.2 Å². The first-order valence-electron chi connectivity index (χ1n) is 11.5. The Morgan fingerprint density at radius 1 is 1.37 bits per heavy atom. The summed E-state index contributed by atoms with van der Waals surface area (Å²) in [4.78, 5) is 30.0. The summed E-state index contributed by atoms with van der Waals surface area (Å²) < 4.78 is 10.4. The van der Waals surface area contributed by atoms with Crippen LogP contribution in [0.3, 0.4) is 0 Å².